The molecule has 0 unspecified atom stereocenters. The number of hydrogen-bond donors (Lipinski definition) is 2. The molecular weight excluding hydrogens is 206 g/mol. The second-order valence-corrected chi connectivity index (χ2v) is 4.41. The van der Waals surface area contributed by atoms with Gasteiger partial charge in [-0.3, -0.25) is 0 Å². The maximum absolute atomic E-state index is 9.32. The molecule has 0 spiro atoms. The number of hydrogen-bond acceptors (Lipinski definition) is 4. The fourth-order valence-corrected chi connectivity index (χ4v) is 1.61. The van der Waals surface area contributed by atoms with Crippen LogP contribution in [0.25, 0.3) is 0 Å². The molecule has 1 fully saturated rings. The van der Waals surface area contributed by atoms with Crippen LogP contribution in [-0.2, 0) is 9.47 Å². The lowest BCUT2D eigenvalue weighted by Gasteiger charge is -2.35. The van der Waals surface area contributed by atoms with E-state index in [1.807, 2.05) is 19.9 Å². The van der Waals surface area contributed by atoms with E-state index in [-0.39, 0.29) is 11.8 Å². The number of nitrogens with one attached hydrogen (secondary N) is 1. The summed E-state index contributed by atoms with van der Waals surface area (Å²) in [6.45, 7) is 5.00. The molecule has 4 nitrogen and oxygen atoms in total. The number of ether oxygens (including phenoxy) is 2. The maximum Gasteiger partial charge on any atom is 0.162 e. The summed E-state index contributed by atoms with van der Waals surface area (Å²) in [7, 11) is 0. The van der Waals surface area contributed by atoms with Crippen molar-refractivity contribution in [3.8, 4) is 5.75 Å². The van der Waals surface area contributed by atoms with Gasteiger partial charge in [-0.05, 0) is 26.0 Å². The lowest BCUT2D eigenvalue weighted by Crippen LogP contribution is -2.45. The van der Waals surface area contributed by atoms with E-state index in [2.05, 4.69) is 5.32 Å². The Bertz CT molecular complexity index is 355. The highest BCUT2D eigenvalue weighted by Crippen LogP contribution is 2.21. The number of benzene rings is 1. The second-order valence-electron chi connectivity index (χ2n) is 4.41. The molecular formula is C12H17NO3. The molecule has 4 heteroatoms. The number of anilines is 1. The zero-order valence-corrected chi connectivity index (χ0v) is 9.56. The van der Waals surface area contributed by atoms with Crippen LogP contribution in [0.15, 0.2) is 24.3 Å². The fraction of sp³-hybridized carbons (Fsp3) is 0.500. The van der Waals surface area contributed by atoms with Crippen LogP contribution in [0, 0.1) is 0 Å². The van der Waals surface area contributed by atoms with E-state index in [4.69, 9.17) is 9.47 Å². The van der Waals surface area contributed by atoms with Crippen molar-refractivity contribution in [3.05, 3.63) is 24.3 Å². The molecule has 1 aliphatic rings. The molecule has 0 atom stereocenters. The third kappa shape index (κ3) is 2.87. The van der Waals surface area contributed by atoms with Crippen molar-refractivity contribution in [3.63, 3.8) is 0 Å². The van der Waals surface area contributed by atoms with E-state index < -0.39 is 5.79 Å². The van der Waals surface area contributed by atoms with Crippen molar-refractivity contribution < 1.29 is 14.6 Å². The molecule has 1 aromatic carbocycles. The zero-order valence-electron chi connectivity index (χ0n) is 9.56. The first kappa shape index (κ1) is 11.2. The summed E-state index contributed by atoms with van der Waals surface area (Å²) in [5.74, 6) is -0.236. The monoisotopic (exact) mass is 223 g/mol. The molecule has 0 bridgehead atoms. The summed E-state index contributed by atoms with van der Waals surface area (Å²) in [4.78, 5) is 0. The van der Waals surface area contributed by atoms with Crippen LogP contribution in [0.1, 0.15) is 13.8 Å². The normalized spacial score (nSPS) is 20.6. The maximum atomic E-state index is 9.32. The minimum Gasteiger partial charge on any atom is -0.508 e. The molecule has 16 heavy (non-hydrogen) atoms. The number of aromatic hydroxyl groups is 1. The molecule has 88 valence electrons. The van der Waals surface area contributed by atoms with Crippen LogP contribution in [0.3, 0.4) is 0 Å². The van der Waals surface area contributed by atoms with Gasteiger partial charge in [0.05, 0.1) is 19.3 Å². The Labute approximate surface area is 95.2 Å². The Morgan fingerprint density at radius 1 is 1.31 bits per heavy atom. The molecule has 1 heterocycles. The summed E-state index contributed by atoms with van der Waals surface area (Å²) in [5, 5.41) is 12.6. The van der Waals surface area contributed by atoms with Crippen LogP contribution in [0.2, 0.25) is 0 Å². The van der Waals surface area contributed by atoms with E-state index >= 15 is 0 Å². The van der Waals surface area contributed by atoms with Crippen molar-refractivity contribution in [1.82, 2.24) is 0 Å². The number of phenolic OH excluding ortho intramolecular Hbond substituents is 1. The Kier molecular flexibility index (Phi) is 3.03. The van der Waals surface area contributed by atoms with Crippen molar-refractivity contribution in [1.29, 1.82) is 0 Å². The predicted molar refractivity (Wildman–Crippen MR) is 61.5 cm³/mol. The molecule has 2 N–H and O–H groups in total. The predicted octanol–water partition coefficient (Wildman–Crippen LogP) is 1.96. The van der Waals surface area contributed by atoms with Crippen LogP contribution in [-0.4, -0.2) is 30.1 Å². The fourth-order valence-electron chi connectivity index (χ4n) is 1.61. The van der Waals surface area contributed by atoms with Crippen LogP contribution in [0.4, 0.5) is 5.69 Å². The average Bonchev–Trinajstić information content (AvgIpc) is 2.21. The Morgan fingerprint density at radius 2 is 2.00 bits per heavy atom. The first-order chi connectivity index (χ1) is 7.55. The molecule has 0 aliphatic carbocycles. The van der Waals surface area contributed by atoms with Crippen LogP contribution >= 0.6 is 0 Å². The van der Waals surface area contributed by atoms with Gasteiger partial charge in [0.1, 0.15) is 5.75 Å². The second kappa shape index (κ2) is 4.31. The molecule has 0 radical (unpaired) electrons. The Hall–Kier alpha value is -1.26. The van der Waals surface area contributed by atoms with Crippen molar-refractivity contribution in [2.75, 3.05) is 18.5 Å². The quantitative estimate of drug-likeness (QED) is 0.804. The van der Waals surface area contributed by atoms with E-state index in [9.17, 15) is 5.11 Å². The van der Waals surface area contributed by atoms with Gasteiger partial charge in [-0.15, -0.1) is 0 Å². The Morgan fingerprint density at radius 3 is 2.62 bits per heavy atom. The van der Waals surface area contributed by atoms with Gasteiger partial charge in [0, 0.05) is 11.8 Å². The zero-order chi connectivity index (χ0) is 11.6. The molecule has 0 aromatic heterocycles. The minimum atomic E-state index is -0.489. The summed E-state index contributed by atoms with van der Waals surface area (Å²) in [6, 6.07) is 7.14. The molecule has 1 aromatic rings. The lowest BCUT2D eigenvalue weighted by atomic mass is 10.2. The van der Waals surface area contributed by atoms with Gasteiger partial charge in [-0.25, -0.2) is 0 Å². The number of phenols is 1. The first-order valence-electron chi connectivity index (χ1n) is 5.39. The SMILES string of the molecule is CC1(C)OCC(Nc2cccc(O)c2)CO1. The third-order valence-electron chi connectivity index (χ3n) is 2.48. The van der Waals surface area contributed by atoms with Crippen molar-refractivity contribution >= 4 is 5.69 Å². The highest BCUT2D eigenvalue weighted by Gasteiger charge is 2.28. The molecule has 1 saturated heterocycles. The summed E-state index contributed by atoms with van der Waals surface area (Å²) < 4.78 is 11.1. The van der Waals surface area contributed by atoms with Crippen LogP contribution < -0.4 is 5.32 Å². The van der Waals surface area contributed by atoms with E-state index in [0.717, 1.165) is 5.69 Å². The highest BCUT2D eigenvalue weighted by molar-refractivity contribution is 5.48. The lowest BCUT2D eigenvalue weighted by molar-refractivity contribution is -0.247. The smallest absolute Gasteiger partial charge is 0.162 e. The van der Waals surface area contributed by atoms with E-state index in [1.54, 1.807) is 18.2 Å². The molecule has 1 aliphatic heterocycles. The van der Waals surface area contributed by atoms with Gasteiger partial charge >= 0.3 is 0 Å². The summed E-state index contributed by atoms with van der Waals surface area (Å²) >= 11 is 0. The molecule has 0 saturated carbocycles. The van der Waals surface area contributed by atoms with Gasteiger partial charge in [-0.1, -0.05) is 6.07 Å². The van der Waals surface area contributed by atoms with Crippen molar-refractivity contribution in [2.45, 2.75) is 25.7 Å². The van der Waals surface area contributed by atoms with E-state index in [0.29, 0.717) is 13.2 Å². The highest BCUT2D eigenvalue weighted by atomic mass is 16.7. The van der Waals surface area contributed by atoms with Gasteiger partial charge in [-0.2, -0.15) is 0 Å². The van der Waals surface area contributed by atoms with E-state index in [1.165, 1.54) is 0 Å². The van der Waals surface area contributed by atoms with Gasteiger partial charge in [0.2, 0.25) is 0 Å². The topological polar surface area (TPSA) is 50.7 Å². The molecule has 2 rings (SSSR count). The van der Waals surface area contributed by atoms with Gasteiger partial charge in [0.25, 0.3) is 0 Å². The van der Waals surface area contributed by atoms with Gasteiger partial charge in [0.15, 0.2) is 5.79 Å². The van der Waals surface area contributed by atoms with Crippen molar-refractivity contribution in [2.24, 2.45) is 0 Å². The number of rotatable bonds is 2. The third-order valence-corrected chi connectivity index (χ3v) is 2.48. The standard InChI is InChI=1S/C12H17NO3/c1-12(2)15-7-10(8-16-12)13-9-4-3-5-11(14)6-9/h3-6,10,13-14H,7-8H2,1-2H3. The largest absolute Gasteiger partial charge is 0.508 e. The Balaban J connectivity index is 1.92. The summed E-state index contributed by atoms with van der Waals surface area (Å²) in [6.07, 6.45) is 0. The summed E-state index contributed by atoms with van der Waals surface area (Å²) in [5.41, 5.74) is 0.872. The first-order valence-corrected chi connectivity index (χ1v) is 5.39. The molecule has 0 amide bonds. The van der Waals surface area contributed by atoms with Gasteiger partial charge < -0.3 is 19.9 Å². The van der Waals surface area contributed by atoms with Crippen LogP contribution in [0.5, 0.6) is 5.75 Å². The minimum absolute atomic E-state index is 0.120. The average molecular weight is 223 g/mol.